The molecule has 4 unspecified atom stereocenters. The average molecular weight is 427 g/mol. The Bertz CT molecular complexity index is 1120. The van der Waals surface area contributed by atoms with Crippen molar-refractivity contribution in [1.29, 1.82) is 0 Å². The average Bonchev–Trinajstić information content (AvgIpc) is 3.32. The number of hydrogen-bond donors (Lipinski definition) is 0. The van der Waals surface area contributed by atoms with Crippen molar-refractivity contribution < 1.29 is 14.4 Å². The summed E-state index contributed by atoms with van der Waals surface area (Å²) in [6.45, 7) is 0. The van der Waals surface area contributed by atoms with Crippen molar-refractivity contribution in [2.24, 2.45) is 11.8 Å². The van der Waals surface area contributed by atoms with Gasteiger partial charge in [0.2, 0.25) is 11.8 Å². The van der Waals surface area contributed by atoms with Gasteiger partial charge in [-0.05, 0) is 24.5 Å². The van der Waals surface area contributed by atoms with Gasteiger partial charge in [0.05, 0.1) is 17.9 Å². The number of anilines is 1. The molecule has 1 aliphatic carbocycles. The first-order chi connectivity index (χ1) is 15.7. The Balaban J connectivity index is 1.46. The van der Waals surface area contributed by atoms with E-state index in [9.17, 15) is 14.4 Å². The zero-order valence-corrected chi connectivity index (χ0v) is 17.9. The van der Waals surface area contributed by atoms with Crippen molar-refractivity contribution >= 4 is 29.4 Å². The summed E-state index contributed by atoms with van der Waals surface area (Å²) in [5.74, 6) is -1.47. The van der Waals surface area contributed by atoms with Crippen LogP contribution in [0.1, 0.15) is 48.0 Å². The summed E-state index contributed by atoms with van der Waals surface area (Å²) >= 11 is 0. The number of likely N-dealkylation sites (tertiary alicyclic amines) is 1. The number of carbonyl (C=O) groups excluding carboxylic acids is 3. The number of para-hydroxylation sites is 1. The third kappa shape index (κ3) is 2.73. The van der Waals surface area contributed by atoms with Crippen LogP contribution in [-0.4, -0.2) is 40.6 Å². The lowest BCUT2D eigenvalue weighted by atomic mass is 9.86. The molecule has 2 saturated heterocycles. The molecule has 4 atom stereocenters. The molecule has 162 valence electrons. The minimum atomic E-state index is -0.677. The van der Waals surface area contributed by atoms with Gasteiger partial charge in [-0.3, -0.25) is 19.3 Å². The monoisotopic (exact) mass is 426 g/mol. The molecule has 1 saturated carbocycles. The highest BCUT2D eigenvalue weighted by molar-refractivity contribution is 6.14. The van der Waals surface area contributed by atoms with E-state index in [-0.39, 0.29) is 29.7 Å². The smallest absolute Gasteiger partial charge is 0.236 e. The highest BCUT2D eigenvalue weighted by atomic mass is 16.2. The Morgan fingerprint density at radius 2 is 1.50 bits per heavy atom. The van der Waals surface area contributed by atoms with E-state index in [1.165, 1.54) is 0 Å². The summed E-state index contributed by atoms with van der Waals surface area (Å²) < 4.78 is 0. The molecule has 0 bridgehead atoms. The van der Waals surface area contributed by atoms with Gasteiger partial charge in [-0.1, -0.05) is 79.9 Å². The van der Waals surface area contributed by atoms with Crippen LogP contribution in [0.4, 0.5) is 5.69 Å². The number of carbonyl (C=O) groups is 3. The van der Waals surface area contributed by atoms with Gasteiger partial charge in [0, 0.05) is 17.3 Å². The summed E-state index contributed by atoms with van der Waals surface area (Å²) in [6, 6.07) is 16.1. The topological polar surface area (TPSA) is 57.7 Å². The Morgan fingerprint density at radius 3 is 2.28 bits per heavy atom. The van der Waals surface area contributed by atoms with E-state index in [0.717, 1.165) is 43.4 Å². The number of ketones is 1. The zero-order chi connectivity index (χ0) is 21.8. The van der Waals surface area contributed by atoms with Crippen molar-refractivity contribution in [3.63, 3.8) is 0 Å². The van der Waals surface area contributed by atoms with Crippen LogP contribution >= 0.6 is 0 Å². The minimum Gasteiger partial charge on any atom is -0.352 e. The van der Waals surface area contributed by atoms with Crippen LogP contribution in [0.25, 0.3) is 6.08 Å². The standard InChI is InChI=1S/C27H26N2O3/c30-25(18-10-3-1-4-11-18)24-23-22(21-16-15-17-9-7-8-14-20(17)29(21)24)26(31)28(27(23)32)19-12-5-2-6-13-19/h1,3-4,7-11,14-16,19,21-24H,2,5-6,12-13H2. The van der Waals surface area contributed by atoms with E-state index in [1.807, 2.05) is 59.5 Å². The van der Waals surface area contributed by atoms with Crippen molar-refractivity contribution in [3.8, 4) is 0 Å². The summed E-state index contributed by atoms with van der Waals surface area (Å²) in [4.78, 5) is 44.9. The fourth-order valence-electron chi connectivity index (χ4n) is 6.31. The van der Waals surface area contributed by atoms with Crippen LogP contribution in [0.15, 0.2) is 60.7 Å². The predicted molar refractivity (Wildman–Crippen MR) is 122 cm³/mol. The lowest BCUT2D eigenvalue weighted by Crippen LogP contribution is -2.51. The normalized spacial score (nSPS) is 29.1. The highest BCUT2D eigenvalue weighted by Crippen LogP contribution is 2.50. The number of hydrogen-bond acceptors (Lipinski definition) is 4. The highest BCUT2D eigenvalue weighted by Gasteiger charge is 2.64. The SMILES string of the molecule is O=C(c1ccccc1)C1C2C(=O)N(C3CCCCC3)C(=O)C2C2C=Cc3ccccc3N21. The lowest BCUT2D eigenvalue weighted by Gasteiger charge is -2.38. The van der Waals surface area contributed by atoms with Gasteiger partial charge >= 0.3 is 0 Å². The third-order valence-corrected chi connectivity index (χ3v) is 7.72. The molecule has 6 rings (SSSR count). The molecule has 5 nitrogen and oxygen atoms in total. The van der Waals surface area contributed by atoms with E-state index in [2.05, 4.69) is 0 Å². The van der Waals surface area contributed by atoms with E-state index in [1.54, 1.807) is 17.0 Å². The van der Waals surface area contributed by atoms with Crippen LogP contribution in [-0.2, 0) is 9.59 Å². The van der Waals surface area contributed by atoms with E-state index in [4.69, 9.17) is 0 Å². The molecule has 3 heterocycles. The second kappa shape index (κ2) is 7.44. The van der Waals surface area contributed by atoms with Gasteiger partial charge in [-0.15, -0.1) is 0 Å². The number of imide groups is 1. The molecule has 3 aliphatic heterocycles. The van der Waals surface area contributed by atoms with Gasteiger partial charge in [0.25, 0.3) is 0 Å². The Kier molecular flexibility index (Phi) is 4.53. The predicted octanol–water partition coefficient (Wildman–Crippen LogP) is 4.09. The van der Waals surface area contributed by atoms with Crippen LogP contribution in [0, 0.1) is 11.8 Å². The van der Waals surface area contributed by atoms with Gasteiger partial charge in [0.1, 0.15) is 6.04 Å². The maximum absolute atomic E-state index is 13.8. The molecule has 5 heteroatoms. The molecule has 4 aliphatic rings. The summed E-state index contributed by atoms with van der Waals surface area (Å²) in [5, 5.41) is 0. The maximum atomic E-state index is 13.8. The van der Waals surface area contributed by atoms with Gasteiger partial charge in [-0.25, -0.2) is 0 Å². The summed E-state index contributed by atoms with van der Waals surface area (Å²) in [7, 11) is 0. The van der Waals surface area contributed by atoms with E-state index < -0.39 is 17.9 Å². The van der Waals surface area contributed by atoms with Crippen LogP contribution < -0.4 is 4.90 Å². The van der Waals surface area contributed by atoms with Crippen LogP contribution in [0.2, 0.25) is 0 Å². The van der Waals surface area contributed by atoms with Gasteiger partial charge < -0.3 is 4.90 Å². The fraction of sp³-hybridized carbons (Fsp3) is 0.370. The second-order valence-electron chi connectivity index (χ2n) is 9.38. The molecular weight excluding hydrogens is 400 g/mol. The summed E-state index contributed by atoms with van der Waals surface area (Å²) in [6.07, 6.45) is 9.06. The summed E-state index contributed by atoms with van der Waals surface area (Å²) in [5.41, 5.74) is 2.52. The van der Waals surface area contributed by atoms with Crippen molar-refractivity contribution in [2.75, 3.05) is 4.90 Å². The van der Waals surface area contributed by atoms with Gasteiger partial charge in [-0.2, -0.15) is 0 Å². The van der Waals surface area contributed by atoms with E-state index >= 15 is 0 Å². The molecule has 3 fully saturated rings. The second-order valence-corrected chi connectivity index (χ2v) is 9.38. The largest absolute Gasteiger partial charge is 0.352 e. The molecule has 0 radical (unpaired) electrons. The van der Waals surface area contributed by atoms with Crippen LogP contribution in [0.3, 0.4) is 0 Å². The Hall–Kier alpha value is -3.21. The first-order valence-corrected chi connectivity index (χ1v) is 11.7. The molecule has 2 aromatic carbocycles. The van der Waals surface area contributed by atoms with Crippen LogP contribution in [0.5, 0.6) is 0 Å². The minimum absolute atomic E-state index is 0.0184. The van der Waals surface area contributed by atoms with Gasteiger partial charge in [0.15, 0.2) is 5.78 Å². The molecule has 0 N–H and O–H groups in total. The number of nitrogens with zero attached hydrogens (tertiary/aromatic N) is 2. The van der Waals surface area contributed by atoms with Crippen molar-refractivity contribution in [3.05, 3.63) is 71.8 Å². The lowest BCUT2D eigenvalue weighted by molar-refractivity contribution is -0.143. The zero-order valence-electron chi connectivity index (χ0n) is 17.9. The molecule has 32 heavy (non-hydrogen) atoms. The van der Waals surface area contributed by atoms with Crippen molar-refractivity contribution in [1.82, 2.24) is 4.90 Å². The molecule has 0 spiro atoms. The maximum Gasteiger partial charge on any atom is 0.236 e. The number of fused-ring (bicyclic) bond motifs is 5. The molecule has 0 aromatic heterocycles. The van der Waals surface area contributed by atoms with Crippen molar-refractivity contribution in [2.45, 2.75) is 50.2 Å². The fourth-order valence-corrected chi connectivity index (χ4v) is 6.31. The number of rotatable bonds is 3. The number of Topliss-reactive ketones (excluding diaryl/α,β-unsaturated/α-hetero) is 1. The first-order valence-electron chi connectivity index (χ1n) is 11.7. The number of amides is 2. The molecule has 2 aromatic rings. The third-order valence-electron chi connectivity index (χ3n) is 7.72. The quantitative estimate of drug-likeness (QED) is 0.548. The molecular formula is C27H26N2O3. The first kappa shape index (κ1) is 19.5. The Morgan fingerprint density at radius 1 is 0.812 bits per heavy atom. The number of benzene rings is 2. The Labute approximate surface area is 187 Å². The van der Waals surface area contributed by atoms with E-state index in [0.29, 0.717) is 5.56 Å². The molecule has 2 amide bonds.